The van der Waals surface area contributed by atoms with Gasteiger partial charge >= 0.3 is 0 Å². The number of rotatable bonds is 5. The SMILES string of the molecule is CC(C)C(C)S(=O)CC(=O)c1sccc1Br. The summed E-state index contributed by atoms with van der Waals surface area (Å²) in [5, 5.41) is 1.91. The zero-order chi connectivity index (χ0) is 12.3. The first-order valence-electron chi connectivity index (χ1n) is 5.06. The molecular weight excluding hydrogens is 308 g/mol. The molecular formula is C11H15BrO2S2. The summed E-state index contributed by atoms with van der Waals surface area (Å²) in [6.07, 6.45) is 0. The van der Waals surface area contributed by atoms with E-state index in [0.717, 1.165) is 4.47 Å². The number of carbonyl (C=O) groups excluding carboxylic acids is 1. The molecule has 0 aliphatic rings. The first kappa shape index (κ1) is 14.1. The minimum absolute atomic E-state index is 0.0345. The topological polar surface area (TPSA) is 34.1 Å². The van der Waals surface area contributed by atoms with Crippen molar-refractivity contribution in [3.63, 3.8) is 0 Å². The van der Waals surface area contributed by atoms with Crippen LogP contribution >= 0.6 is 27.3 Å². The molecule has 0 saturated carbocycles. The van der Waals surface area contributed by atoms with Gasteiger partial charge in [-0.05, 0) is 33.3 Å². The highest BCUT2D eigenvalue weighted by atomic mass is 79.9. The van der Waals surface area contributed by atoms with Crippen LogP contribution in [0.2, 0.25) is 0 Å². The van der Waals surface area contributed by atoms with E-state index < -0.39 is 10.8 Å². The van der Waals surface area contributed by atoms with Gasteiger partial charge in [-0.15, -0.1) is 11.3 Å². The quantitative estimate of drug-likeness (QED) is 0.778. The third-order valence-corrected chi connectivity index (χ3v) is 6.30. The number of Topliss-reactive ketones (excluding diaryl/α,β-unsaturated/α-hetero) is 1. The zero-order valence-electron chi connectivity index (χ0n) is 9.53. The molecule has 0 bridgehead atoms. The Morgan fingerprint density at radius 3 is 2.56 bits per heavy atom. The number of hydrogen-bond donors (Lipinski definition) is 0. The van der Waals surface area contributed by atoms with Crippen molar-refractivity contribution >= 4 is 43.8 Å². The summed E-state index contributed by atoms with van der Waals surface area (Å²) in [5.74, 6) is 0.423. The molecule has 1 heterocycles. The van der Waals surface area contributed by atoms with E-state index in [-0.39, 0.29) is 16.8 Å². The van der Waals surface area contributed by atoms with Crippen LogP contribution in [0.4, 0.5) is 0 Å². The van der Waals surface area contributed by atoms with Gasteiger partial charge in [0.25, 0.3) is 0 Å². The van der Waals surface area contributed by atoms with E-state index in [9.17, 15) is 9.00 Å². The minimum Gasteiger partial charge on any atom is -0.292 e. The molecule has 2 unspecified atom stereocenters. The largest absolute Gasteiger partial charge is 0.292 e. The van der Waals surface area contributed by atoms with E-state index in [1.807, 2.05) is 32.2 Å². The van der Waals surface area contributed by atoms with Crippen molar-refractivity contribution < 1.29 is 9.00 Å². The van der Waals surface area contributed by atoms with Crippen LogP contribution in [0.15, 0.2) is 15.9 Å². The van der Waals surface area contributed by atoms with Crippen LogP contribution in [0.5, 0.6) is 0 Å². The molecule has 0 amide bonds. The van der Waals surface area contributed by atoms with Crippen molar-refractivity contribution in [1.82, 2.24) is 0 Å². The van der Waals surface area contributed by atoms with E-state index in [1.165, 1.54) is 11.3 Å². The molecule has 1 aromatic rings. The number of halogens is 1. The van der Waals surface area contributed by atoms with Gasteiger partial charge in [0.2, 0.25) is 0 Å². The molecule has 0 saturated heterocycles. The second kappa shape index (κ2) is 6.07. The van der Waals surface area contributed by atoms with Gasteiger partial charge in [-0.1, -0.05) is 20.8 Å². The Kier molecular flexibility index (Phi) is 5.34. The summed E-state index contributed by atoms with van der Waals surface area (Å²) in [5.41, 5.74) is 0. The van der Waals surface area contributed by atoms with Crippen LogP contribution in [0.25, 0.3) is 0 Å². The lowest BCUT2D eigenvalue weighted by Crippen LogP contribution is -2.23. The fourth-order valence-electron chi connectivity index (χ4n) is 1.12. The Bertz CT molecular complexity index is 398. The highest BCUT2D eigenvalue weighted by molar-refractivity contribution is 9.10. The smallest absolute Gasteiger partial charge is 0.186 e. The monoisotopic (exact) mass is 322 g/mol. The zero-order valence-corrected chi connectivity index (χ0v) is 12.7. The summed E-state index contributed by atoms with van der Waals surface area (Å²) in [4.78, 5) is 12.5. The molecule has 0 aliphatic carbocycles. The van der Waals surface area contributed by atoms with Crippen molar-refractivity contribution in [2.75, 3.05) is 5.75 Å². The van der Waals surface area contributed by atoms with E-state index in [1.54, 1.807) is 0 Å². The van der Waals surface area contributed by atoms with Crippen molar-refractivity contribution in [3.05, 3.63) is 20.8 Å². The summed E-state index contributed by atoms with van der Waals surface area (Å²) in [6, 6.07) is 1.84. The van der Waals surface area contributed by atoms with Crippen LogP contribution in [0.1, 0.15) is 30.4 Å². The predicted octanol–water partition coefficient (Wildman–Crippen LogP) is 3.49. The van der Waals surface area contributed by atoms with Crippen LogP contribution in [-0.4, -0.2) is 21.0 Å². The lowest BCUT2D eigenvalue weighted by molar-refractivity contribution is 0.102. The molecule has 5 heteroatoms. The van der Waals surface area contributed by atoms with Gasteiger partial charge in [0.15, 0.2) is 5.78 Å². The maximum Gasteiger partial charge on any atom is 0.186 e. The van der Waals surface area contributed by atoms with Crippen molar-refractivity contribution in [3.8, 4) is 0 Å². The Morgan fingerprint density at radius 1 is 1.50 bits per heavy atom. The first-order chi connectivity index (χ1) is 7.43. The number of carbonyl (C=O) groups is 1. The maximum atomic E-state index is 11.9. The molecule has 0 aliphatic heterocycles. The Hall–Kier alpha value is -0.000000000000000111. The maximum absolute atomic E-state index is 11.9. The van der Waals surface area contributed by atoms with E-state index in [2.05, 4.69) is 15.9 Å². The highest BCUT2D eigenvalue weighted by Crippen LogP contribution is 2.23. The van der Waals surface area contributed by atoms with Crippen LogP contribution < -0.4 is 0 Å². The van der Waals surface area contributed by atoms with Crippen molar-refractivity contribution in [2.24, 2.45) is 5.92 Å². The van der Waals surface area contributed by atoms with E-state index >= 15 is 0 Å². The summed E-state index contributed by atoms with van der Waals surface area (Å²) in [7, 11) is -1.08. The van der Waals surface area contributed by atoms with E-state index in [4.69, 9.17) is 0 Å². The normalized spacial score (nSPS) is 15.1. The van der Waals surface area contributed by atoms with Gasteiger partial charge in [0.1, 0.15) is 0 Å². The van der Waals surface area contributed by atoms with Crippen LogP contribution in [0.3, 0.4) is 0 Å². The predicted molar refractivity (Wildman–Crippen MR) is 73.7 cm³/mol. The second-order valence-electron chi connectivity index (χ2n) is 4.00. The summed E-state index contributed by atoms with van der Waals surface area (Å²) in [6.45, 7) is 5.97. The Balaban J connectivity index is 2.66. The fourth-order valence-corrected chi connectivity index (χ4v) is 4.02. The average Bonchev–Trinajstić information content (AvgIpc) is 2.62. The highest BCUT2D eigenvalue weighted by Gasteiger charge is 2.20. The molecule has 2 nitrogen and oxygen atoms in total. The van der Waals surface area contributed by atoms with Gasteiger partial charge in [-0.25, -0.2) is 0 Å². The molecule has 1 aromatic heterocycles. The lowest BCUT2D eigenvalue weighted by atomic mass is 10.2. The van der Waals surface area contributed by atoms with E-state index in [0.29, 0.717) is 10.8 Å². The number of hydrogen-bond acceptors (Lipinski definition) is 3. The molecule has 16 heavy (non-hydrogen) atoms. The van der Waals surface area contributed by atoms with Gasteiger partial charge < -0.3 is 0 Å². The summed E-state index contributed by atoms with van der Waals surface area (Å²) < 4.78 is 12.7. The third kappa shape index (κ3) is 3.50. The lowest BCUT2D eigenvalue weighted by Gasteiger charge is -2.14. The summed E-state index contributed by atoms with van der Waals surface area (Å²) >= 11 is 4.70. The van der Waals surface area contributed by atoms with Gasteiger partial charge in [-0.2, -0.15) is 0 Å². The molecule has 0 N–H and O–H groups in total. The molecule has 2 atom stereocenters. The fraction of sp³-hybridized carbons (Fsp3) is 0.545. The van der Waals surface area contributed by atoms with Crippen molar-refractivity contribution in [2.45, 2.75) is 26.0 Å². The first-order valence-corrected chi connectivity index (χ1v) is 8.12. The molecule has 0 fully saturated rings. The molecule has 0 spiro atoms. The molecule has 0 aromatic carbocycles. The van der Waals surface area contributed by atoms with Gasteiger partial charge in [0, 0.05) is 20.5 Å². The van der Waals surface area contributed by atoms with Gasteiger partial charge in [0.05, 0.1) is 10.6 Å². The molecule has 1 rings (SSSR count). The number of ketones is 1. The minimum atomic E-state index is -1.08. The van der Waals surface area contributed by atoms with Gasteiger partial charge in [-0.3, -0.25) is 9.00 Å². The number of thiophene rings is 1. The average molecular weight is 323 g/mol. The molecule has 0 radical (unpaired) electrons. The van der Waals surface area contributed by atoms with Crippen LogP contribution in [0, 0.1) is 5.92 Å². The van der Waals surface area contributed by atoms with Crippen molar-refractivity contribution in [1.29, 1.82) is 0 Å². The third-order valence-electron chi connectivity index (χ3n) is 2.50. The Morgan fingerprint density at radius 2 is 2.12 bits per heavy atom. The molecule has 90 valence electrons. The standard InChI is InChI=1S/C11H15BrO2S2/c1-7(2)8(3)16(14)6-10(13)11-9(12)4-5-15-11/h4-5,7-8H,6H2,1-3H3. The Labute approximate surface area is 111 Å². The second-order valence-corrected chi connectivity index (χ2v) is 7.56. The van der Waals surface area contributed by atoms with Crippen LogP contribution in [-0.2, 0) is 10.8 Å².